The van der Waals surface area contributed by atoms with E-state index in [1.807, 2.05) is 35.7 Å². The monoisotopic (exact) mass is 294 g/mol. The Labute approximate surface area is 126 Å². The first-order chi connectivity index (χ1) is 9.97. The Kier molecular flexibility index (Phi) is 5.36. The van der Waals surface area contributed by atoms with Crippen LogP contribution < -0.4 is 5.32 Å². The number of hydrogen-bond acceptors (Lipinski definition) is 4. The van der Waals surface area contributed by atoms with Crippen molar-refractivity contribution in [2.75, 3.05) is 19.6 Å². The van der Waals surface area contributed by atoms with Crippen LogP contribution in [0.1, 0.15) is 33.7 Å². The molecule has 0 aromatic carbocycles. The number of ether oxygens (including phenoxy) is 1. The van der Waals surface area contributed by atoms with Crippen molar-refractivity contribution in [1.29, 1.82) is 0 Å². The third kappa shape index (κ3) is 4.28. The number of amides is 1. The van der Waals surface area contributed by atoms with Gasteiger partial charge in [0.05, 0.1) is 24.8 Å². The highest BCUT2D eigenvalue weighted by Gasteiger charge is 2.26. The average molecular weight is 294 g/mol. The van der Waals surface area contributed by atoms with E-state index < -0.39 is 0 Å². The van der Waals surface area contributed by atoms with Crippen molar-refractivity contribution >= 4 is 5.91 Å². The van der Waals surface area contributed by atoms with Crippen LogP contribution in [0.3, 0.4) is 0 Å². The van der Waals surface area contributed by atoms with Gasteiger partial charge < -0.3 is 15.0 Å². The van der Waals surface area contributed by atoms with E-state index in [-0.39, 0.29) is 30.2 Å². The number of aromatic nitrogens is 2. The highest BCUT2D eigenvalue weighted by atomic mass is 16.5. The van der Waals surface area contributed by atoms with E-state index in [9.17, 15) is 4.79 Å². The van der Waals surface area contributed by atoms with E-state index in [2.05, 4.69) is 24.3 Å². The standard InChI is InChI=1S/C15H26N4O2/c1-11-9-18(10-12(2)21-11)15(20)8-16-13(3)14(4)19-7-5-6-17-19/h5-7,11-14,16H,8-10H2,1-4H3/t11-,12+,13-,14-/m1/s1. The summed E-state index contributed by atoms with van der Waals surface area (Å²) in [6.07, 6.45) is 3.93. The molecule has 1 aromatic heterocycles. The third-order valence-corrected chi connectivity index (χ3v) is 4.01. The Bertz CT molecular complexity index is 439. The molecule has 2 heterocycles. The molecule has 6 heteroatoms. The van der Waals surface area contributed by atoms with Crippen LogP contribution >= 0.6 is 0 Å². The summed E-state index contributed by atoms with van der Waals surface area (Å²) < 4.78 is 7.56. The third-order valence-electron chi connectivity index (χ3n) is 4.01. The molecule has 1 fully saturated rings. The Morgan fingerprint density at radius 1 is 1.38 bits per heavy atom. The summed E-state index contributed by atoms with van der Waals surface area (Å²) in [5, 5.41) is 7.54. The minimum Gasteiger partial charge on any atom is -0.372 e. The Morgan fingerprint density at radius 2 is 2.05 bits per heavy atom. The molecule has 0 aliphatic carbocycles. The molecule has 1 aliphatic rings. The summed E-state index contributed by atoms with van der Waals surface area (Å²) in [4.78, 5) is 14.2. The zero-order valence-corrected chi connectivity index (χ0v) is 13.3. The number of rotatable bonds is 5. The number of nitrogens with zero attached hydrogens (tertiary/aromatic N) is 3. The average Bonchev–Trinajstić information content (AvgIpc) is 2.96. The van der Waals surface area contributed by atoms with Crippen molar-refractivity contribution in [3.63, 3.8) is 0 Å². The van der Waals surface area contributed by atoms with E-state index in [4.69, 9.17) is 4.74 Å². The second kappa shape index (κ2) is 7.04. The van der Waals surface area contributed by atoms with Crippen molar-refractivity contribution in [1.82, 2.24) is 20.0 Å². The van der Waals surface area contributed by atoms with Gasteiger partial charge >= 0.3 is 0 Å². The predicted octanol–water partition coefficient (Wildman–Crippen LogP) is 1.06. The molecular formula is C15H26N4O2. The van der Waals surface area contributed by atoms with Crippen LogP contribution in [0.15, 0.2) is 18.5 Å². The summed E-state index contributed by atoms with van der Waals surface area (Å²) in [7, 11) is 0. The highest BCUT2D eigenvalue weighted by molar-refractivity contribution is 5.78. The zero-order valence-electron chi connectivity index (χ0n) is 13.3. The lowest BCUT2D eigenvalue weighted by atomic mass is 10.1. The maximum absolute atomic E-state index is 12.3. The van der Waals surface area contributed by atoms with Gasteiger partial charge in [0.2, 0.25) is 5.91 Å². The first-order valence-corrected chi connectivity index (χ1v) is 7.63. The van der Waals surface area contributed by atoms with Crippen molar-refractivity contribution in [3.05, 3.63) is 18.5 Å². The normalized spacial score (nSPS) is 25.6. The van der Waals surface area contributed by atoms with Gasteiger partial charge in [0, 0.05) is 31.5 Å². The van der Waals surface area contributed by atoms with Gasteiger partial charge in [-0.15, -0.1) is 0 Å². The summed E-state index contributed by atoms with van der Waals surface area (Å²) in [5.41, 5.74) is 0. The van der Waals surface area contributed by atoms with Gasteiger partial charge in [-0.3, -0.25) is 9.48 Å². The molecule has 1 saturated heterocycles. The SMILES string of the molecule is C[C@@H]1CN(C(=O)CN[C@H](C)[C@@H](C)n2cccn2)C[C@H](C)O1. The number of hydrogen-bond donors (Lipinski definition) is 1. The summed E-state index contributed by atoms with van der Waals surface area (Å²) in [6.45, 7) is 9.88. The smallest absolute Gasteiger partial charge is 0.236 e. The van der Waals surface area contributed by atoms with E-state index in [0.717, 1.165) is 0 Å². The van der Waals surface area contributed by atoms with Crippen LogP contribution in [0.25, 0.3) is 0 Å². The lowest BCUT2D eigenvalue weighted by Crippen LogP contribution is -2.51. The Morgan fingerprint density at radius 3 is 2.62 bits per heavy atom. The van der Waals surface area contributed by atoms with Crippen molar-refractivity contribution < 1.29 is 9.53 Å². The molecule has 1 amide bonds. The molecule has 0 unspecified atom stereocenters. The molecule has 1 aliphatic heterocycles. The van der Waals surface area contributed by atoms with Gasteiger partial charge in [-0.1, -0.05) is 0 Å². The maximum atomic E-state index is 12.3. The minimum atomic E-state index is 0.109. The molecule has 4 atom stereocenters. The van der Waals surface area contributed by atoms with Crippen molar-refractivity contribution in [2.24, 2.45) is 0 Å². The molecule has 2 rings (SSSR count). The van der Waals surface area contributed by atoms with E-state index in [0.29, 0.717) is 19.6 Å². The van der Waals surface area contributed by atoms with Gasteiger partial charge in [-0.2, -0.15) is 5.10 Å². The summed E-state index contributed by atoms with van der Waals surface area (Å²) in [5.74, 6) is 0.136. The van der Waals surface area contributed by atoms with Crippen LogP contribution in [-0.4, -0.2) is 58.5 Å². The molecule has 0 radical (unpaired) electrons. The van der Waals surface area contributed by atoms with Crippen molar-refractivity contribution in [3.8, 4) is 0 Å². The highest BCUT2D eigenvalue weighted by Crippen LogP contribution is 2.11. The van der Waals surface area contributed by atoms with Gasteiger partial charge in [0.1, 0.15) is 0 Å². The van der Waals surface area contributed by atoms with Gasteiger partial charge in [0.25, 0.3) is 0 Å². The fraction of sp³-hybridized carbons (Fsp3) is 0.733. The molecule has 6 nitrogen and oxygen atoms in total. The maximum Gasteiger partial charge on any atom is 0.236 e. The lowest BCUT2D eigenvalue weighted by molar-refractivity contribution is -0.142. The molecule has 1 aromatic rings. The number of nitrogens with one attached hydrogen (secondary N) is 1. The quantitative estimate of drug-likeness (QED) is 0.882. The minimum absolute atomic E-state index is 0.109. The van der Waals surface area contributed by atoms with E-state index >= 15 is 0 Å². The van der Waals surface area contributed by atoms with Gasteiger partial charge in [-0.05, 0) is 33.8 Å². The van der Waals surface area contributed by atoms with Gasteiger partial charge in [-0.25, -0.2) is 0 Å². The number of carbonyl (C=O) groups excluding carboxylic acids is 1. The lowest BCUT2D eigenvalue weighted by Gasteiger charge is -2.35. The van der Waals surface area contributed by atoms with Crippen LogP contribution in [0.5, 0.6) is 0 Å². The summed E-state index contributed by atoms with van der Waals surface area (Å²) in [6, 6.07) is 2.28. The van der Waals surface area contributed by atoms with Gasteiger partial charge in [0.15, 0.2) is 0 Å². The number of carbonyl (C=O) groups is 1. The number of morpholine rings is 1. The molecule has 118 valence electrons. The Balaban J connectivity index is 1.80. The topological polar surface area (TPSA) is 59.4 Å². The predicted molar refractivity (Wildman–Crippen MR) is 81.0 cm³/mol. The molecule has 0 spiro atoms. The largest absolute Gasteiger partial charge is 0.372 e. The Hall–Kier alpha value is -1.40. The molecule has 0 saturated carbocycles. The first-order valence-electron chi connectivity index (χ1n) is 7.63. The van der Waals surface area contributed by atoms with Crippen LogP contribution in [0.4, 0.5) is 0 Å². The molecule has 1 N–H and O–H groups in total. The fourth-order valence-electron chi connectivity index (χ4n) is 2.66. The second-order valence-electron chi connectivity index (χ2n) is 5.95. The van der Waals surface area contributed by atoms with Crippen LogP contribution in [0, 0.1) is 0 Å². The van der Waals surface area contributed by atoms with E-state index in [1.165, 1.54) is 0 Å². The molecule has 21 heavy (non-hydrogen) atoms. The first kappa shape index (κ1) is 16.0. The molecular weight excluding hydrogens is 268 g/mol. The molecule has 0 bridgehead atoms. The van der Waals surface area contributed by atoms with Crippen LogP contribution in [0.2, 0.25) is 0 Å². The van der Waals surface area contributed by atoms with Crippen molar-refractivity contribution in [2.45, 2.75) is 52.0 Å². The second-order valence-corrected chi connectivity index (χ2v) is 5.95. The summed E-state index contributed by atoms with van der Waals surface area (Å²) >= 11 is 0. The fourth-order valence-corrected chi connectivity index (χ4v) is 2.66. The van der Waals surface area contributed by atoms with E-state index in [1.54, 1.807) is 6.20 Å². The van der Waals surface area contributed by atoms with Crippen LogP contribution in [-0.2, 0) is 9.53 Å². The zero-order chi connectivity index (χ0) is 15.4.